The van der Waals surface area contributed by atoms with Crippen LogP contribution in [0.1, 0.15) is 17.5 Å². The van der Waals surface area contributed by atoms with Gasteiger partial charge in [-0.15, -0.1) is 0 Å². The maximum absolute atomic E-state index is 5.60. The lowest BCUT2D eigenvalue weighted by Crippen LogP contribution is -2.39. The zero-order chi connectivity index (χ0) is 16.2. The van der Waals surface area contributed by atoms with E-state index in [4.69, 9.17) is 9.26 Å². The van der Waals surface area contributed by atoms with E-state index in [1.807, 2.05) is 30.5 Å². The number of hydrogen-bond donors (Lipinski definition) is 0. The van der Waals surface area contributed by atoms with E-state index in [2.05, 4.69) is 25.0 Å². The normalized spacial score (nSPS) is 16.8. The molecule has 4 rings (SSSR count). The van der Waals surface area contributed by atoms with Gasteiger partial charge in [0.2, 0.25) is 11.7 Å². The molecule has 1 saturated heterocycles. The lowest BCUT2D eigenvalue weighted by molar-refractivity contribution is 0.0180. The number of morpholine rings is 1. The Labute approximate surface area is 139 Å². The fraction of sp³-hybridized carbons (Fsp3) is 0.294. The maximum atomic E-state index is 5.60. The molecule has 7 nitrogen and oxygen atoms in total. The van der Waals surface area contributed by atoms with Crippen molar-refractivity contribution in [2.24, 2.45) is 0 Å². The van der Waals surface area contributed by atoms with Gasteiger partial charge in [0.1, 0.15) is 6.04 Å². The molecule has 3 aromatic rings. The molecule has 7 heteroatoms. The van der Waals surface area contributed by atoms with Crippen LogP contribution < -0.4 is 0 Å². The molecule has 24 heavy (non-hydrogen) atoms. The highest BCUT2D eigenvalue weighted by atomic mass is 16.5. The van der Waals surface area contributed by atoms with Gasteiger partial charge in [-0.2, -0.15) is 4.98 Å². The Morgan fingerprint density at radius 3 is 2.58 bits per heavy atom. The minimum absolute atomic E-state index is 0.120. The van der Waals surface area contributed by atoms with Gasteiger partial charge in [0.15, 0.2) is 0 Å². The van der Waals surface area contributed by atoms with Gasteiger partial charge in [-0.25, -0.2) is 0 Å². The highest BCUT2D eigenvalue weighted by molar-refractivity contribution is 5.52. The molecule has 122 valence electrons. The highest BCUT2D eigenvalue weighted by Crippen LogP contribution is 2.29. The summed E-state index contributed by atoms with van der Waals surface area (Å²) < 4.78 is 11.1. The minimum Gasteiger partial charge on any atom is -0.379 e. The summed E-state index contributed by atoms with van der Waals surface area (Å²) in [6, 6.07) is 7.56. The first-order valence-corrected chi connectivity index (χ1v) is 7.87. The average Bonchev–Trinajstić information content (AvgIpc) is 3.14. The van der Waals surface area contributed by atoms with E-state index in [1.165, 1.54) is 0 Å². The Hall–Kier alpha value is -2.64. The lowest BCUT2D eigenvalue weighted by atomic mass is 10.1. The van der Waals surface area contributed by atoms with Crippen LogP contribution in [-0.2, 0) is 4.74 Å². The largest absolute Gasteiger partial charge is 0.379 e. The Morgan fingerprint density at radius 2 is 1.83 bits per heavy atom. The van der Waals surface area contributed by atoms with Crippen molar-refractivity contribution >= 4 is 0 Å². The second kappa shape index (κ2) is 6.86. The molecule has 1 atom stereocenters. The Morgan fingerprint density at radius 1 is 1.00 bits per heavy atom. The fourth-order valence-electron chi connectivity index (χ4n) is 2.85. The topological polar surface area (TPSA) is 77.2 Å². The zero-order valence-corrected chi connectivity index (χ0v) is 13.1. The number of aromatic nitrogens is 4. The van der Waals surface area contributed by atoms with E-state index in [0.29, 0.717) is 24.9 Å². The summed E-state index contributed by atoms with van der Waals surface area (Å²) in [7, 11) is 0. The van der Waals surface area contributed by atoms with Gasteiger partial charge in [-0.05, 0) is 23.8 Å². The van der Waals surface area contributed by atoms with E-state index in [-0.39, 0.29) is 6.04 Å². The van der Waals surface area contributed by atoms with Gasteiger partial charge in [-0.1, -0.05) is 11.2 Å². The van der Waals surface area contributed by atoms with Crippen molar-refractivity contribution in [3.8, 4) is 11.4 Å². The van der Waals surface area contributed by atoms with Crippen LogP contribution in [0.3, 0.4) is 0 Å². The Balaban J connectivity index is 1.70. The number of pyridine rings is 2. The molecule has 1 aliphatic rings. The summed E-state index contributed by atoms with van der Waals surface area (Å²) in [4.78, 5) is 15.2. The number of rotatable bonds is 4. The summed E-state index contributed by atoms with van der Waals surface area (Å²) in [6.45, 7) is 3.02. The fourth-order valence-corrected chi connectivity index (χ4v) is 2.85. The van der Waals surface area contributed by atoms with Crippen molar-refractivity contribution in [2.45, 2.75) is 6.04 Å². The van der Waals surface area contributed by atoms with Crippen LogP contribution in [0.2, 0.25) is 0 Å². The van der Waals surface area contributed by atoms with E-state index in [0.717, 1.165) is 24.2 Å². The molecule has 0 bridgehead atoms. The van der Waals surface area contributed by atoms with E-state index in [1.54, 1.807) is 18.6 Å². The third-order valence-corrected chi connectivity index (χ3v) is 4.03. The third kappa shape index (κ3) is 3.04. The van der Waals surface area contributed by atoms with Crippen molar-refractivity contribution in [3.63, 3.8) is 0 Å². The maximum Gasteiger partial charge on any atom is 0.248 e. The molecule has 0 N–H and O–H groups in total. The number of ether oxygens (including phenoxy) is 1. The molecule has 3 aromatic heterocycles. The minimum atomic E-state index is -0.120. The van der Waals surface area contributed by atoms with Crippen LogP contribution in [0.15, 0.2) is 53.6 Å². The SMILES string of the molecule is c1cncc([C@@H](c2nc(-c3ccncc3)no2)N2CCOCC2)c1. The molecule has 0 aromatic carbocycles. The van der Waals surface area contributed by atoms with Crippen LogP contribution in [0, 0.1) is 0 Å². The second-order valence-electron chi connectivity index (χ2n) is 5.53. The van der Waals surface area contributed by atoms with Gasteiger partial charge < -0.3 is 9.26 Å². The number of hydrogen-bond acceptors (Lipinski definition) is 7. The summed E-state index contributed by atoms with van der Waals surface area (Å²) >= 11 is 0. The van der Waals surface area contributed by atoms with Gasteiger partial charge in [0.25, 0.3) is 0 Å². The molecule has 0 unspecified atom stereocenters. The van der Waals surface area contributed by atoms with Crippen LogP contribution in [-0.4, -0.2) is 51.3 Å². The average molecular weight is 323 g/mol. The predicted molar refractivity (Wildman–Crippen MR) is 86.0 cm³/mol. The molecule has 4 heterocycles. The second-order valence-corrected chi connectivity index (χ2v) is 5.53. The van der Waals surface area contributed by atoms with E-state index >= 15 is 0 Å². The van der Waals surface area contributed by atoms with Crippen LogP contribution >= 0.6 is 0 Å². The van der Waals surface area contributed by atoms with Crippen LogP contribution in [0.25, 0.3) is 11.4 Å². The Bertz CT molecular complexity index is 772. The zero-order valence-electron chi connectivity index (χ0n) is 13.1. The highest BCUT2D eigenvalue weighted by Gasteiger charge is 2.29. The Kier molecular flexibility index (Phi) is 4.26. The first-order chi connectivity index (χ1) is 11.9. The quantitative estimate of drug-likeness (QED) is 0.726. The predicted octanol–water partition coefficient (Wildman–Crippen LogP) is 1.95. The standard InChI is InChI=1S/C17H17N5O2/c1-2-14(12-19-5-1)15(22-8-10-23-11-9-22)17-20-16(21-24-17)13-3-6-18-7-4-13/h1-7,12,15H,8-11H2/t15-/m0/s1. The first kappa shape index (κ1) is 14.9. The van der Waals surface area contributed by atoms with Gasteiger partial charge in [0, 0.05) is 43.4 Å². The lowest BCUT2D eigenvalue weighted by Gasteiger charge is -2.32. The smallest absolute Gasteiger partial charge is 0.248 e. The molecular weight excluding hydrogens is 306 g/mol. The van der Waals surface area contributed by atoms with Crippen molar-refractivity contribution < 1.29 is 9.26 Å². The first-order valence-electron chi connectivity index (χ1n) is 7.87. The molecule has 1 fully saturated rings. The van der Waals surface area contributed by atoms with Gasteiger partial charge >= 0.3 is 0 Å². The summed E-state index contributed by atoms with van der Waals surface area (Å²) in [6.07, 6.45) is 7.03. The summed E-state index contributed by atoms with van der Waals surface area (Å²) in [5.41, 5.74) is 1.91. The molecule has 0 saturated carbocycles. The van der Waals surface area contributed by atoms with Crippen LogP contribution in [0.4, 0.5) is 0 Å². The van der Waals surface area contributed by atoms with Gasteiger partial charge in [0.05, 0.1) is 13.2 Å². The number of nitrogens with zero attached hydrogens (tertiary/aromatic N) is 5. The molecule has 0 radical (unpaired) electrons. The monoisotopic (exact) mass is 323 g/mol. The van der Waals surface area contributed by atoms with Gasteiger partial charge in [-0.3, -0.25) is 14.9 Å². The third-order valence-electron chi connectivity index (χ3n) is 4.03. The van der Waals surface area contributed by atoms with Crippen LogP contribution in [0.5, 0.6) is 0 Å². The van der Waals surface area contributed by atoms with Crippen molar-refractivity contribution in [1.29, 1.82) is 0 Å². The molecule has 0 spiro atoms. The molecular formula is C17H17N5O2. The van der Waals surface area contributed by atoms with Crippen molar-refractivity contribution in [3.05, 3.63) is 60.5 Å². The van der Waals surface area contributed by atoms with Crippen molar-refractivity contribution in [2.75, 3.05) is 26.3 Å². The summed E-state index contributed by atoms with van der Waals surface area (Å²) in [5, 5.41) is 4.14. The van der Waals surface area contributed by atoms with E-state index < -0.39 is 0 Å². The molecule has 0 aliphatic carbocycles. The molecule has 0 amide bonds. The molecule has 1 aliphatic heterocycles. The van der Waals surface area contributed by atoms with E-state index in [9.17, 15) is 0 Å². The van der Waals surface area contributed by atoms with Crippen molar-refractivity contribution in [1.82, 2.24) is 25.0 Å². The summed E-state index contributed by atoms with van der Waals surface area (Å²) in [5.74, 6) is 1.13.